The minimum Gasteiger partial charge on any atom is -0.353 e. The Bertz CT molecular complexity index is 1880. The molecule has 0 spiro atoms. The van der Waals surface area contributed by atoms with Crippen molar-refractivity contribution in [1.82, 2.24) is 30.3 Å². The number of piperidine rings is 2. The lowest BCUT2D eigenvalue weighted by Crippen LogP contribution is -2.42. The summed E-state index contributed by atoms with van der Waals surface area (Å²) in [4.78, 5) is 45.8. The van der Waals surface area contributed by atoms with Crippen molar-refractivity contribution >= 4 is 28.6 Å². The zero-order valence-corrected chi connectivity index (χ0v) is 27.5. The Labute approximate surface area is 275 Å². The number of carbonyl (C=O) groups is 3. The molecule has 3 N–H and O–H groups in total. The number of H-pyrrole nitrogens is 2. The zero-order valence-electron chi connectivity index (χ0n) is 27.5. The molecular weight excluding hydrogens is 588 g/mol. The Hall–Kier alpha value is -4.24. The lowest BCUT2D eigenvalue weighted by Gasteiger charge is -2.37. The molecule has 47 heavy (non-hydrogen) atoms. The van der Waals surface area contributed by atoms with Crippen molar-refractivity contribution in [2.24, 2.45) is 11.3 Å². The van der Waals surface area contributed by atoms with Gasteiger partial charge in [0.25, 0.3) is 5.91 Å². The summed E-state index contributed by atoms with van der Waals surface area (Å²) in [6.07, 6.45) is 7.19. The van der Waals surface area contributed by atoms with Crippen LogP contribution in [-0.2, 0) is 35.4 Å². The van der Waals surface area contributed by atoms with Crippen LogP contribution in [0.15, 0.2) is 42.5 Å². The molecule has 4 aliphatic rings. The molecule has 0 radical (unpaired) electrons. The molecule has 2 aromatic carbocycles. The molecule has 2 fully saturated rings. The van der Waals surface area contributed by atoms with Crippen LogP contribution in [0.1, 0.15) is 90.2 Å². The fraction of sp³-hybridized carbons (Fsp3) is 0.474. The van der Waals surface area contributed by atoms with Crippen molar-refractivity contribution < 1.29 is 14.4 Å². The van der Waals surface area contributed by atoms with Gasteiger partial charge in [-0.05, 0) is 97.2 Å². The fourth-order valence-corrected chi connectivity index (χ4v) is 8.35. The number of imide groups is 1. The number of benzene rings is 2. The van der Waals surface area contributed by atoms with Gasteiger partial charge in [-0.15, -0.1) is 0 Å². The normalized spacial score (nSPS) is 21.8. The predicted molar refractivity (Wildman–Crippen MR) is 181 cm³/mol. The van der Waals surface area contributed by atoms with Crippen LogP contribution in [0.2, 0.25) is 0 Å². The number of nitrogens with one attached hydrogen (secondary N) is 3. The summed E-state index contributed by atoms with van der Waals surface area (Å²) in [7, 11) is 0. The van der Waals surface area contributed by atoms with Crippen LogP contribution in [0.5, 0.6) is 0 Å². The minimum atomic E-state index is -0.246. The van der Waals surface area contributed by atoms with Gasteiger partial charge in [-0.1, -0.05) is 32.0 Å². The van der Waals surface area contributed by atoms with E-state index in [4.69, 9.17) is 0 Å². The van der Waals surface area contributed by atoms with Crippen LogP contribution >= 0.6 is 0 Å². The van der Waals surface area contributed by atoms with Gasteiger partial charge in [-0.2, -0.15) is 5.10 Å². The number of carbonyl (C=O) groups excluding carboxylic acids is 3. The molecule has 4 aromatic rings. The van der Waals surface area contributed by atoms with Gasteiger partial charge in [0.15, 0.2) is 0 Å². The molecule has 9 nitrogen and oxygen atoms in total. The molecule has 2 aromatic heterocycles. The van der Waals surface area contributed by atoms with Crippen molar-refractivity contribution in [2.45, 2.75) is 77.7 Å². The first-order chi connectivity index (χ1) is 22.7. The molecule has 244 valence electrons. The summed E-state index contributed by atoms with van der Waals surface area (Å²) in [5.41, 5.74) is 10.3. The quantitative estimate of drug-likeness (QED) is 0.252. The van der Waals surface area contributed by atoms with Crippen LogP contribution < -0.4 is 5.32 Å². The van der Waals surface area contributed by atoms with E-state index in [2.05, 4.69) is 63.5 Å². The van der Waals surface area contributed by atoms with Crippen LogP contribution in [0, 0.1) is 11.3 Å². The second-order valence-electron chi connectivity index (χ2n) is 15.1. The Morgan fingerprint density at radius 2 is 1.81 bits per heavy atom. The average molecular weight is 633 g/mol. The topological polar surface area (TPSA) is 114 Å². The number of fused-ring (bicyclic) bond motifs is 3. The third-order valence-corrected chi connectivity index (χ3v) is 11.2. The van der Waals surface area contributed by atoms with E-state index >= 15 is 0 Å². The molecule has 5 heterocycles. The SMILES string of the molecule is CC1(C)CCc2c(-c3cc4cc(C(=O)N5CCC(CN6CCc7ccc(C8CCC(=O)NC8=O)cc7C6)CC5)ccc4[nH]3)n[nH]c2C1. The third kappa shape index (κ3) is 5.90. The van der Waals surface area contributed by atoms with Crippen LogP contribution in [-0.4, -0.2) is 68.9 Å². The van der Waals surface area contributed by atoms with Gasteiger partial charge in [-0.3, -0.25) is 29.7 Å². The smallest absolute Gasteiger partial charge is 0.253 e. The lowest BCUT2D eigenvalue weighted by atomic mass is 9.76. The predicted octanol–water partition coefficient (Wildman–Crippen LogP) is 5.50. The Kier molecular flexibility index (Phi) is 7.54. The first-order valence-electron chi connectivity index (χ1n) is 17.4. The molecule has 3 aliphatic heterocycles. The Morgan fingerprint density at radius 3 is 2.64 bits per heavy atom. The molecule has 0 bridgehead atoms. The highest BCUT2D eigenvalue weighted by Gasteiger charge is 2.31. The molecule has 1 atom stereocenters. The van der Waals surface area contributed by atoms with E-state index in [-0.39, 0.29) is 23.6 Å². The third-order valence-electron chi connectivity index (χ3n) is 11.2. The summed E-state index contributed by atoms with van der Waals surface area (Å²) >= 11 is 0. The van der Waals surface area contributed by atoms with Crippen LogP contribution in [0.4, 0.5) is 0 Å². The maximum Gasteiger partial charge on any atom is 0.253 e. The highest BCUT2D eigenvalue weighted by atomic mass is 16.2. The van der Waals surface area contributed by atoms with Gasteiger partial charge in [0.1, 0.15) is 5.69 Å². The van der Waals surface area contributed by atoms with Crippen LogP contribution in [0.3, 0.4) is 0 Å². The van der Waals surface area contributed by atoms with Gasteiger partial charge < -0.3 is 9.88 Å². The fourth-order valence-electron chi connectivity index (χ4n) is 8.35. The van der Waals surface area contributed by atoms with E-state index in [0.717, 1.165) is 105 Å². The number of hydrogen-bond donors (Lipinski definition) is 3. The molecule has 1 unspecified atom stereocenters. The highest BCUT2D eigenvalue weighted by Crippen LogP contribution is 2.38. The van der Waals surface area contributed by atoms with E-state index in [1.54, 1.807) is 0 Å². The molecule has 3 amide bonds. The maximum absolute atomic E-state index is 13.6. The minimum absolute atomic E-state index is 0.111. The van der Waals surface area contributed by atoms with Gasteiger partial charge in [0.05, 0.1) is 11.6 Å². The van der Waals surface area contributed by atoms with Gasteiger partial charge in [-0.25, -0.2) is 0 Å². The number of amides is 3. The van der Waals surface area contributed by atoms with E-state index in [1.807, 2.05) is 23.1 Å². The van der Waals surface area contributed by atoms with Crippen molar-refractivity contribution in [3.63, 3.8) is 0 Å². The van der Waals surface area contributed by atoms with E-state index in [9.17, 15) is 14.4 Å². The van der Waals surface area contributed by atoms with Crippen molar-refractivity contribution in [2.75, 3.05) is 26.2 Å². The van der Waals surface area contributed by atoms with E-state index < -0.39 is 0 Å². The van der Waals surface area contributed by atoms with Crippen molar-refractivity contribution in [1.29, 1.82) is 0 Å². The molecular formula is C38H44N6O3. The van der Waals surface area contributed by atoms with E-state index in [1.165, 1.54) is 22.4 Å². The molecule has 8 rings (SSSR count). The number of nitrogens with zero attached hydrogens (tertiary/aromatic N) is 3. The lowest BCUT2D eigenvalue weighted by molar-refractivity contribution is -0.134. The molecule has 9 heteroatoms. The number of aromatic nitrogens is 3. The van der Waals surface area contributed by atoms with Crippen molar-refractivity contribution in [3.8, 4) is 11.4 Å². The molecule has 1 aliphatic carbocycles. The Morgan fingerprint density at radius 1 is 0.957 bits per heavy atom. The van der Waals surface area contributed by atoms with Gasteiger partial charge >= 0.3 is 0 Å². The number of rotatable bonds is 5. The number of likely N-dealkylation sites (tertiary alicyclic amines) is 1. The second-order valence-corrected chi connectivity index (χ2v) is 15.1. The summed E-state index contributed by atoms with van der Waals surface area (Å²) in [5.74, 6) is 0.0694. The standard InChI is InChI=1S/C38H44N6O3/c1-38(2)13-9-30-33(20-38)41-42-35(30)32-19-27-18-26(5-7-31(27)39-32)37(47)44-15-10-23(11-16-44)21-43-14-12-24-3-4-25(17-28(24)22-43)29-6-8-34(45)40-36(29)46/h3-5,7,17-19,23,29,39H,6,8-16,20-22H2,1-2H3,(H,41,42)(H,40,45,46). The maximum atomic E-state index is 13.6. The van der Waals surface area contributed by atoms with E-state index in [0.29, 0.717) is 24.2 Å². The first-order valence-corrected chi connectivity index (χ1v) is 17.4. The number of aromatic amines is 2. The Balaban J connectivity index is 0.881. The zero-order chi connectivity index (χ0) is 32.3. The van der Waals surface area contributed by atoms with Gasteiger partial charge in [0.2, 0.25) is 11.8 Å². The average Bonchev–Trinajstić information content (AvgIpc) is 3.67. The number of hydrogen-bond acceptors (Lipinski definition) is 5. The molecule has 0 saturated carbocycles. The largest absolute Gasteiger partial charge is 0.353 e. The highest BCUT2D eigenvalue weighted by molar-refractivity contribution is 6.01. The monoisotopic (exact) mass is 632 g/mol. The first kappa shape index (κ1) is 30.1. The van der Waals surface area contributed by atoms with Crippen molar-refractivity contribution in [3.05, 3.63) is 76.0 Å². The van der Waals surface area contributed by atoms with Gasteiger partial charge in [0, 0.05) is 66.9 Å². The summed E-state index contributed by atoms with van der Waals surface area (Å²) in [6.45, 7) is 9.12. The summed E-state index contributed by atoms with van der Waals surface area (Å²) in [6, 6.07) is 14.6. The van der Waals surface area contributed by atoms with Crippen LogP contribution in [0.25, 0.3) is 22.3 Å². The summed E-state index contributed by atoms with van der Waals surface area (Å²) < 4.78 is 0. The summed E-state index contributed by atoms with van der Waals surface area (Å²) in [5, 5.41) is 11.5. The second kappa shape index (κ2) is 11.8. The molecule has 2 saturated heterocycles.